The van der Waals surface area contributed by atoms with Gasteiger partial charge in [-0.15, -0.1) is 0 Å². The fraction of sp³-hybridized carbons (Fsp3) is 0.0952. The highest BCUT2D eigenvalue weighted by Crippen LogP contribution is 2.13. The van der Waals surface area contributed by atoms with Gasteiger partial charge in [0, 0.05) is 16.8 Å². The van der Waals surface area contributed by atoms with Crippen molar-refractivity contribution in [3.8, 4) is 0 Å². The van der Waals surface area contributed by atoms with Crippen molar-refractivity contribution in [2.75, 3.05) is 12.4 Å². The smallest absolute Gasteiger partial charge is 0.337 e. The minimum Gasteiger partial charge on any atom is -0.467 e. The number of carbonyl (C=O) groups excluding carboxylic acids is 3. The molecule has 0 bridgehead atoms. The molecule has 0 fully saturated rings. The van der Waals surface area contributed by atoms with E-state index in [1.165, 1.54) is 31.4 Å². The van der Waals surface area contributed by atoms with Crippen LogP contribution in [0.25, 0.3) is 0 Å². The minimum atomic E-state index is -0.465. The van der Waals surface area contributed by atoms with Crippen molar-refractivity contribution in [2.24, 2.45) is 0 Å². The van der Waals surface area contributed by atoms with Gasteiger partial charge < -0.3 is 19.8 Å². The van der Waals surface area contributed by atoms with E-state index < -0.39 is 5.97 Å². The number of rotatable bonds is 6. The number of carbonyl (C=O) groups is 3. The molecule has 0 aliphatic heterocycles. The maximum absolute atomic E-state index is 12.3. The second kappa shape index (κ2) is 8.68. The van der Waals surface area contributed by atoms with Crippen LogP contribution < -0.4 is 10.6 Å². The lowest BCUT2D eigenvalue weighted by atomic mass is 10.1. The number of nitrogens with one attached hydrogen (secondary N) is 2. The molecule has 7 nitrogen and oxygen atoms in total. The van der Waals surface area contributed by atoms with Gasteiger partial charge in [0.15, 0.2) is 0 Å². The molecule has 3 aromatic rings. The van der Waals surface area contributed by atoms with Gasteiger partial charge in [0.1, 0.15) is 5.76 Å². The van der Waals surface area contributed by atoms with Gasteiger partial charge in [-0.05, 0) is 60.7 Å². The molecule has 2 N–H and O–H groups in total. The molecule has 0 aliphatic carbocycles. The van der Waals surface area contributed by atoms with Crippen LogP contribution in [-0.4, -0.2) is 24.9 Å². The molecule has 7 heteroatoms. The third kappa shape index (κ3) is 4.64. The number of esters is 1. The third-order valence-electron chi connectivity index (χ3n) is 3.98. The van der Waals surface area contributed by atoms with Crippen molar-refractivity contribution in [3.05, 3.63) is 89.4 Å². The number of benzene rings is 2. The third-order valence-corrected chi connectivity index (χ3v) is 3.98. The number of ether oxygens (including phenoxy) is 1. The van der Waals surface area contributed by atoms with E-state index in [0.717, 1.165) is 0 Å². The first-order valence-electron chi connectivity index (χ1n) is 8.47. The predicted molar refractivity (Wildman–Crippen MR) is 102 cm³/mol. The average molecular weight is 378 g/mol. The van der Waals surface area contributed by atoms with Crippen LogP contribution >= 0.6 is 0 Å². The molecular formula is C21H18N2O5. The van der Waals surface area contributed by atoms with Gasteiger partial charge in [-0.2, -0.15) is 0 Å². The van der Waals surface area contributed by atoms with Crippen molar-refractivity contribution in [2.45, 2.75) is 6.54 Å². The Kier molecular flexibility index (Phi) is 5.86. The summed E-state index contributed by atoms with van der Waals surface area (Å²) in [7, 11) is 1.30. The lowest BCUT2D eigenvalue weighted by Crippen LogP contribution is -2.22. The van der Waals surface area contributed by atoms with Crippen LogP contribution in [0.15, 0.2) is 71.3 Å². The maximum atomic E-state index is 12.3. The van der Waals surface area contributed by atoms with Crippen LogP contribution in [0.1, 0.15) is 36.8 Å². The first kappa shape index (κ1) is 18.9. The van der Waals surface area contributed by atoms with Crippen LogP contribution in [0.2, 0.25) is 0 Å². The molecule has 1 heterocycles. The number of amides is 2. The summed E-state index contributed by atoms with van der Waals surface area (Å²) < 4.78 is 9.79. The Hall–Kier alpha value is -3.87. The molecule has 0 radical (unpaired) electrons. The Bertz CT molecular complexity index is 961. The quantitative estimate of drug-likeness (QED) is 0.642. The van der Waals surface area contributed by atoms with Crippen molar-refractivity contribution in [1.82, 2.24) is 5.32 Å². The maximum Gasteiger partial charge on any atom is 0.337 e. The van der Waals surface area contributed by atoms with E-state index in [9.17, 15) is 14.4 Å². The van der Waals surface area contributed by atoms with Gasteiger partial charge in [-0.25, -0.2) is 4.79 Å². The molecule has 28 heavy (non-hydrogen) atoms. The standard InChI is InChI=1S/C21H18N2O5/c1-27-21(26)16-6-4-15(5-7-16)20(25)23-17-10-8-14(9-11-17)19(24)22-13-18-3-2-12-28-18/h2-12H,13H2,1H3,(H,22,24)(H,23,25). The predicted octanol–water partition coefficient (Wildman–Crippen LogP) is 3.25. The fourth-order valence-electron chi connectivity index (χ4n) is 2.47. The fourth-order valence-corrected chi connectivity index (χ4v) is 2.47. The van der Waals surface area contributed by atoms with E-state index in [2.05, 4.69) is 15.4 Å². The second-order valence-electron chi connectivity index (χ2n) is 5.86. The molecular weight excluding hydrogens is 360 g/mol. The van der Waals surface area contributed by atoms with Gasteiger partial charge in [0.25, 0.3) is 11.8 Å². The summed E-state index contributed by atoms with van der Waals surface area (Å²) in [6.07, 6.45) is 1.54. The number of methoxy groups -OCH3 is 1. The van der Waals surface area contributed by atoms with E-state index >= 15 is 0 Å². The Morgan fingerprint density at radius 2 is 1.46 bits per heavy atom. The minimum absolute atomic E-state index is 0.243. The molecule has 0 aliphatic rings. The van der Waals surface area contributed by atoms with Crippen molar-refractivity contribution < 1.29 is 23.5 Å². The highest BCUT2D eigenvalue weighted by molar-refractivity contribution is 6.05. The zero-order chi connectivity index (χ0) is 19.9. The van der Waals surface area contributed by atoms with Crippen molar-refractivity contribution >= 4 is 23.5 Å². The molecule has 2 amide bonds. The summed E-state index contributed by atoms with van der Waals surface area (Å²) in [5.74, 6) is -0.373. The van der Waals surface area contributed by atoms with Crippen LogP contribution in [-0.2, 0) is 11.3 Å². The van der Waals surface area contributed by atoms with Gasteiger partial charge in [0.05, 0.1) is 25.5 Å². The van der Waals surface area contributed by atoms with E-state index in [1.807, 2.05) is 0 Å². The van der Waals surface area contributed by atoms with Crippen LogP contribution in [0.5, 0.6) is 0 Å². The number of hydrogen-bond donors (Lipinski definition) is 2. The molecule has 0 spiro atoms. The van der Waals surface area contributed by atoms with Gasteiger partial charge in [-0.3, -0.25) is 9.59 Å². The molecule has 0 saturated carbocycles. The first-order valence-corrected chi connectivity index (χ1v) is 8.47. The highest BCUT2D eigenvalue weighted by Gasteiger charge is 2.10. The monoisotopic (exact) mass is 378 g/mol. The average Bonchev–Trinajstić information content (AvgIpc) is 3.25. The summed E-state index contributed by atoms with van der Waals surface area (Å²) in [6, 6.07) is 16.2. The van der Waals surface area contributed by atoms with Crippen molar-refractivity contribution in [3.63, 3.8) is 0 Å². The summed E-state index contributed by atoms with van der Waals surface area (Å²) in [5.41, 5.74) is 1.77. The summed E-state index contributed by atoms with van der Waals surface area (Å²) in [6.45, 7) is 0.298. The Labute approximate surface area is 161 Å². The summed E-state index contributed by atoms with van der Waals surface area (Å²) in [5, 5.41) is 5.49. The first-order chi connectivity index (χ1) is 13.6. The van der Waals surface area contributed by atoms with E-state index in [4.69, 9.17) is 4.42 Å². The van der Waals surface area contributed by atoms with E-state index in [0.29, 0.717) is 34.7 Å². The topological polar surface area (TPSA) is 97.6 Å². The molecule has 2 aromatic carbocycles. The zero-order valence-electron chi connectivity index (χ0n) is 15.1. The number of hydrogen-bond acceptors (Lipinski definition) is 5. The summed E-state index contributed by atoms with van der Waals surface area (Å²) in [4.78, 5) is 35.9. The molecule has 3 rings (SSSR count). The Morgan fingerprint density at radius 1 is 0.857 bits per heavy atom. The lowest BCUT2D eigenvalue weighted by Gasteiger charge is -2.08. The van der Waals surface area contributed by atoms with Crippen LogP contribution in [0.4, 0.5) is 5.69 Å². The molecule has 142 valence electrons. The van der Waals surface area contributed by atoms with Gasteiger partial charge >= 0.3 is 5.97 Å². The van der Waals surface area contributed by atoms with E-state index in [1.54, 1.807) is 42.7 Å². The molecule has 0 unspecified atom stereocenters. The van der Waals surface area contributed by atoms with Gasteiger partial charge in [0.2, 0.25) is 0 Å². The summed E-state index contributed by atoms with van der Waals surface area (Å²) >= 11 is 0. The SMILES string of the molecule is COC(=O)c1ccc(C(=O)Nc2ccc(C(=O)NCc3ccco3)cc2)cc1. The zero-order valence-corrected chi connectivity index (χ0v) is 15.1. The second-order valence-corrected chi connectivity index (χ2v) is 5.86. The van der Waals surface area contributed by atoms with Crippen LogP contribution in [0.3, 0.4) is 0 Å². The van der Waals surface area contributed by atoms with Gasteiger partial charge in [-0.1, -0.05) is 0 Å². The molecule has 0 saturated heterocycles. The Balaban J connectivity index is 1.58. The molecule has 0 atom stereocenters. The molecule has 1 aromatic heterocycles. The largest absolute Gasteiger partial charge is 0.467 e. The number of furan rings is 1. The highest BCUT2D eigenvalue weighted by atomic mass is 16.5. The Morgan fingerprint density at radius 3 is 2.07 bits per heavy atom. The van der Waals surface area contributed by atoms with Crippen molar-refractivity contribution in [1.29, 1.82) is 0 Å². The van der Waals surface area contributed by atoms with E-state index in [-0.39, 0.29) is 11.8 Å². The van der Waals surface area contributed by atoms with Crippen LogP contribution in [0, 0.1) is 0 Å². The lowest BCUT2D eigenvalue weighted by molar-refractivity contribution is 0.0600. The normalized spacial score (nSPS) is 10.2. The number of anilines is 1.